The molecule has 25 heavy (non-hydrogen) atoms. The van der Waals surface area contributed by atoms with E-state index in [0.717, 1.165) is 11.1 Å². The second kappa shape index (κ2) is 7.75. The molecule has 0 aromatic heterocycles. The van der Waals surface area contributed by atoms with Crippen molar-refractivity contribution in [1.29, 1.82) is 0 Å². The summed E-state index contributed by atoms with van der Waals surface area (Å²) in [6.45, 7) is 1.80. The zero-order chi connectivity index (χ0) is 17.6. The van der Waals surface area contributed by atoms with E-state index in [1.165, 1.54) is 6.07 Å². The third-order valence-electron chi connectivity index (χ3n) is 4.26. The van der Waals surface area contributed by atoms with E-state index in [-0.39, 0.29) is 11.7 Å². The maximum Gasteiger partial charge on any atom is 0.232 e. The van der Waals surface area contributed by atoms with Crippen LogP contribution in [0.25, 0.3) is 0 Å². The summed E-state index contributed by atoms with van der Waals surface area (Å²) in [7, 11) is 0. The van der Waals surface area contributed by atoms with Gasteiger partial charge < -0.3 is 5.32 Å². The Kier molecular flexibility index (Phi) is 5.24. The Balaban J connectivity index is 1.89. The van der Waals surface area contributed by atoms with E-state index in [2.05, 4.69) is 5.32 Å². The van der Waals surface area contributed by atoms with E-state index in [1.807, 2.05) is 60.7 Å². The largest absolute Gasteiger partial charge is 0.349 e. The topological polar surface area (TPSA) is 29.1 Å². The number of carbonyl (C=O) groups is 1. The quantitative estimate of drug-likeness (QED) is 0.711. The van der Waals surface area contributed by atoms with Gasteiger partial charge in [0, 0.05) is 5.56 Å². The first-order chi connectivity index (χ1) is 12.2. The summed E-state index contributed by atoms with van der Waals surface area (Å²) in [5.74, 6) is -0.893. The molecule has 0 saturated carbocycles. The maximum atomic E-state index is 14.0. The van der Waals surface area contributed by atoms with Gasteiger partial charge in [-0.25, -0.2) is 4.39 Å². The summed E-state index contributed by atoms with van der Waals surface area (Å²) in [6, 6.07) is 25.4. The van der Waals surface area contributed by atoms with E-state index < -0.39 is 12.0 Å². The summed E-state index contributed by atoms with van der Waals surface area (Å²) in [5.41, 5.74) is 2.30. The van der Waals surface area contributed by atoms with Crippen LogP contribution in [0.3, 0.4) is 0 Å². The van der Waals surface area contributed by atoms with Gasteiger partial charge in [0.1, 0.15) is 5.82 Å². The van der Waals surface area contributed by atoms with Crippen molar-refractivity contribution in [1.82, 2.24) is 5.32 Å². The second-order valence-corrected chi connectivity index (χ2v) is 6.01. The van der Waals surface area contributed by atoms with E-state index in [9.17, 15) is 9.18 Å². The van der Waals surface area contributed by atoms with Gasteiger partial charge in [-0.2, -0.15) is 0 Å². The first-order valence-electron chi connectivity index (χ1n) is 8.31. The van der Waals surface area contributed by atoms with E-state index in [1.54, 1.807) is 25.1 Å². The number of hydrogen-bond acceptors (Lipinski definition) is 1. The predicted octanol–water partition coefficient (Wildman–Crippen LogP) is 4.84. The highest BCUT2D eigenvalue weighted by atomic mass is 19.1. The van der Waals surface area contributed by atoms with Gasteiger partial charge in [-0.3, -0.25) is 4.79 Å². The van der Waals surface area contributed by atoms with Crippen molar-refractivity contribution in [2.45, 2.75) is 18.9 Å². The van der Waals surface area contributed by atoms with Gasteiger partial charge in [0.15, 0.2) is 0 Å². The highest BCUT2D eigenvalue weighted by Gasteiger charge is 2.24. The number of amides is 1. The number of nitrogens with one attached hydrogen (secondary N) is 1. The molecular formula is C22H20FNO. The van der Waals surface area contributed by atoms with Crippen molar-refractivity contribution < 1.29 is 9.18 Å². The SMILES string of the molecule is C[C@@H](NC(=O)C(c1ccccc1)c1ccccc1)c1ccccc1F. The molecule has 0 spiro atoms. The molecule has 1 amide bonds. The Bertz CT molecular complexity index is 793. The van der Waals surface area contributed by atoms with Crippen molar-refractivity contribution in [3.05, 3.63) is 107 Å². The Hall–Kier alpha value is -2.94. The standard InChI is InChI=1S/C22H20FNO/c1-16(19-14-8-9-15-20(19)23)24-22(25)21(17-10-4-2-5-11-17)18-12-6-3-7-13-18/h2-16,21H,1H3,(H,24,25)/t16-/m1/s1. The van der Waals surface area contributed by atoms with Crippen LogP contribution in [0, 0.1) is 5.82 Å². The van der Waals surface area contributed by atoms with Crippen LogP contribution < -0.4 is 5.32 Å². The fourth-order valence-electron chi connectivity index (χ4n) is 2.99. The lowest BCUT2D eigenvalue weighted by Crippen LogP contribution is -2.32. The van der Waals surface area contributed by atoms with Gasteiger partial charge >= 0.3 is 0 Å². The smallest absolute Gasteiger partial charge is 0.232 e. The van der Waals surface area contributed by atoms with Crippen LogP contribution >= 0.6 is 0 Å². The number of carbonyl (C=O) groups excluding carboxylic acids is 1. The van der Waals surface area contributed by atoms with E-state index in [0.29, 0.717) is 5.56 Å². The van der Waals surface area contributed by atoms with Crippen LogP contribution in [0.15, 0.2) is 84.9 Å². The number of benzene rings is 3. The van der Waals surface area contributed by atoms with Gasteiger partial charge in [0.05, 0.1) is 12.0 Å². The zero-order valence-electron chi connectivity index (χ0n) is 14.0. The average molecular weight is 333 g/mol. The molecular weight excluding hydrogens is 313 g/mol. The summed E-state index contributed by atoms with van der Waals surface area (Å²) >= 11 is 0. The van der Waals surface area contributed by atoms with E-state index >= 15 is 0 Å². The molecule has 0 aliphatic rings. The first kappa shape index (κ1) is 16.9. The summed E-state index contributed by atoms with van der Waals surface area (Å²) in [5, 5.41) is 2.96. The monoisotopic (exact) mass is 333 g/mol. The Labute approximate surface area is 147 Å². The van der Waals surface area contributed by atoms with Crippen LogP contribution in [0.2, 0.25) is 0 Å². The Morgan fingerprint density at radius 3 is 1.80 bits per heavy atom. The molecule has 0 radical (unpaired) electrons. The van der Waals surface area contributed by atoms with Gasteiger partial charge in [-0.1, -0.05) is 78.9 Å². The lowest BCUT2D eigenvalue weighted by molar-refractivity contribution is -0.122. The molecule has 0 aliphatic carbocycles. The zero-order valence-corrected chi connectivity index (χ0v) is 14.0. The maximum absolute atomic E-state index is 14.0. The van der Waals surface area contributed by atoms with Crippen LogP contribution in [-0.2, 0) is 4.79 Å². The fourth-order valence-corrected chi connectivity index (χ4v) is 2.99. The molecule has 3 rings (SSSR count). The minimum atomic E-state index is -0.434. The van der Waals surface area contributed by atoms with Crippen molar-refractivity contribution in [2.75, 3.05) is 0 Å². The molecule has 0 heterocycles. The lowest BCUT2D eigenvalue weighted by Gasteiger charge is -2.21. The van der Waals surface area contributed by atoms with Crippen molar-refractivity contribution >= 4 is 5.91 Å². The third-order valence-corrected chi connectivity index (χ3v) is 4.26. The molecule has 2 nitrogen and oxygen atoms in total. The molecule has 0 fully saturated rings. The fraction of sp³-hybridized carbons (Fsp3) is 0.136. The number of halogens is 1. The molecule has 1 N–H and O–H groups in total. The van der Waals surface area contributed by atoms with Crippen molar-refractivity contribution in [3.63, 3.8) is 0 Å². The van der Waals surface area contributed by atoms with Gasteiger partial charge in [-0.05, 0) is 24.1 Å². The summed E-state index contributed by atoms with van der Waals surface area (Å²) in [4.78, 5) is 13.0. The highest BCUT2D eigenvalue weighted by molar-refractivity contribution is 5.87. The van der Waals surface area contributed by atoms with Crippen molar-refractivity contribution in [2.24, 2.45) is 0 Å². The number of hydrogen-bond donors (Lipinski definition) is 1. The molecule has 1 atom stereocenters. The third kappa shape index (κ3) is 3.94. The number of rotatable bonds is 5. The second-order valence-electron chi connectivity index (χ2n) is 6.01. The Morgan fingerprint density at radius 1 is 0.800 bits per heavy atom. The molecule has 126 valence electrons. The minimum Gasteiger partial charge on any atom is -0.349 e. The van der Waals surface area contributed by atoms with Crippen LogP contribution in [0.1, 0.15) is 35.6 Å². The van der Waals surface area contributed by atoms with Gasteiger partial charge in [0.2, 0.25) is 5.91 Å². The Morgan fingerprint density at radius 2 is 1.28 bits per heavy atom. The van der Waals surface area contributed by atoms with Gasteiger partial charge in [0.25, 0.3) is 0 Å². The van der Waals surface area contributed by atoms with Crippen molar-refractivity contribution in [3.8, 4) is 0 Å². The molecule has 0 unspecified atom stereocenters. The average Bonchev–Trinajstić information content (AvgIpc) is 2.64. The molecule has 0 aliphatic heterocycles. The normalized spacial score (nSPS) is 12.0. The molecule has 3 aromatic rings. The molecule has 3 heteroatoms. The van der Waals surface area contributed by atoms with Crippen LogP contribution in [-0.4, -0.2) is 5.91 Å². The molecule has 0 bridgehead atoms. The molecule has 0 saturated heterocycles. The highest BCUT2D eigenvalue weighted by Crippen LogP contribution is 2.26. The predicted molar refractivity (Wildman–Crippen MR) is 97.7 cm³/mol. The minimum absolute atomic E-state index is 0.145. The van der Waals surface area contributed by atoms with Crippen LogP contribution in [0.5, 0.6) is 0 Å². The van der Waals surface area contributed by atoms with Crippen LogP contribution in [0.4, 0.5) is 4.39 Å². The van der Waals surface area contributed by atoms with E-state index in [4.69, 9.17) is 0 Å². The first-order valence-corrected chi connectivity index (χ1v) is 8.31. The summed E-state index contributed by atoms with van der Waals surface area (Å²) < 4.78 is 14.0. The van der Waals surface area contributed by atoms with Gasteiger partial charge in [-0.15, -0.1) is 0 Å². The summed E-state index contributed by atoms with van der Waals surface area (Å²) in [6.07, 6.45) is 0. The lowest BCUT2D eigenvalue weighted by atomic mass is 9.90. The molecule has 3 aromatic carbocycles.